The minimum Gasteiger partial charge on any atom is -0.480 e. The number of aliphatic carboxylic acids is 1. The van der Waals surface area contributed by atoms with E-state index in [1.54, 1.807) is 0 Å². The van der Waals surface area contributed by atoms with Crippen LogP contribution >= 0.6 is 0 Å². The van der Waals surface area contributed by atoms with Crippen molar-refractivity contribution in [3.05, 3.63) is 12.2 Å². The van der Waals surface area contributed by atoms with Crippen LogP contribution in [-0.4, -0.2) is 40.4 Å². The van der Waals surface area contributed by atoms with Crippen molar-refractivity contribution in [3.8, 4) is 0 Å². The van der Waals surface area contributed by atoms with E-state index in [9.17, 15) is 13.2 Å². The number of hydrogen-bond acceptors (Lipinski definition) is 5. The molecule has 0 amide bonds. The van der Waals surface area contributed by atoms with E-state index in [0.717, 1.165) is 0 Å². The maximum Gasteiger partial charge on any atom is 0.320 e. The summed E-state index contributed by atoms with van der Waals surface area (Å²) < 4.78 is 24.0. The van der Waals surface area contributed by atoms with Gasteiger partial charge in [-0.05, 0) is 0 Å². The summed E-state index contributed by atoms with van der Waals surface area (Å²) in [6.07, 6.45) is 1.22. The number of sulfonamides is 1. The lowest BCUT2D eigenvalue weighted by Gasteiger charge is -2.00. The standard InChI is InChI=1S/C5H8N4O4S/c10-5(11)2-14(12,13)8-1-4-6-3-7-9-4/h3,8H,1-2H2,(H,10,11)(H,6,7,9). The summed E-state index contributed by atoms with van der Waals surface area (Å²) in [7, 11) is -3.79. The van der Waals surface area contributed by atoms with E-state index < -0.39 is 21.7 Å². The van der Waals surface area contributed by atoms with Gasteiger partial charge in [-0.25, -0.2) is 18.1 Å². The maximum atomic E-state index is 11.0. The van der Waals surface area contributed by atoms with E-state index in [0.29, 0.717) is 5.82 Å². The van der Waals surface area contributed by atoms with E-state index in [2.05, 4.69) is 19.9 Å². The molecule has 0 fully saturated rings. The van der Waals surface area contributed by atoms with Gasteiger partial charge < -0.3 is 5.11 Å². The monoisotopic (exact) mass is 220 g/mol. The Balaban J connectivity index is 2.49. The third-order valence-electron chi connectivity index (χ3n) is 1.24. The van der Waals surface area contributed by atoms with Gasteiger partial charge in [-0.2, -0.15) is 5.10 Å². The van der Waals surface area contributed by atoms with Crippen LogP contribution in [0.1, 0.15) is 5.82 Å². The van der Waals surface area contributed by atoms with Gasteiger partial charge in [0.1, 0.15) is 12.2 Å². The SMILES string of the molecule is O=C(O)CS(=O)(=O)NCc1ncn[nH]1. The Morgan fingerprint density at radius 3 is 2.86 bits per heavy atom. The molecule has 0 saturated heterocycles. The Morgan fingerprint density at radius 1 is 1.64 bits per heavy atom. The molecule has 0 spiro atoms. The number of carboxylic acids is 1. The average Bonchev–Trinajstić information content (AvgIpc) is 2.50. The number of aromatic nitrogens is 3. The summed E-state index contributed by atoms with van der Waals surface area (Å²) in [6.45, 7) is -0.102. The Hall–Kier alpha value is -1.48. The second-order valence-corrected chi connectivity index (χ2v) is 4.21. The van der Waals surface area contributed by atoms with Crippen LogP contribution in [-0.2, 0) is 21.4 Å². The number of carboxylic acid groups (broad SMARTS) is 1. The highest BCUT2D eigenvalue weighted by atomic mass is 32.2. The molecular formula is C5H8N4O4S. The first-order valence-corrected chi connectivity index (χ1v) is 5.18. The molecule has 0 bridgehead atoms. The van der Waals surface area contributed by atoms with Crippen molar-refractivity contribution < 1.29 is 18.3 Å². The lowest BCUT2D eigenvalue weighted by atomic mass is 10.6. The van der Waals surface area contributed by atoms with Crippen molar-refractivity contribution in [2.24, 2.45) is 0 Å². The third-order valence-corrected chi connectivity index (χ3v) is 2.45. The van der Waals surface area contributed by atoms with Gasteiger partial charge in [-0.1, -0.05) is 0 Å². The van der Waals surface area contributed by atoms with Gasteiger partial charge in [0.15, 0.2) is 5.75 Å². The largest absolute Gasteiger partial charge is 0.480 e. The molecule has 0 atom stereocenters. The first-order valence-electron chi connectivity index (χ1n) is 3.53. The van der Waals surface area contributed by atoms with Crippen molar-refractivity contribution >= 4 is 16.0 Å². The minimum atomic E-state index is -3.79. The van der Waals surface area contributed by atoms with Crippen LogP contribution in [0.2, 0.25) is 0 Å². The number of hydrogen-bond donors (Lipinski definition) is 3. The second-order valence-electron chi connectivity index (χ2n) is 2.41. The summed E-state index contributed by atoms with van der Waals surface area (Å²) in [4.78, 5) is 13.8. The first kappa shape index (κ1) is 10.6. The lowest BCUT2D eigenvalue weighted by Crippen LogP contribution is -2.29. The van der Waals surface area contributed by atoms with E-state index in [1.165, 1.54) is 6.33 Å². The van der Waals surface area contributed by atoms with Crippen LogP contribution in [0.5, 0.6) is 0 Å². The van der Waals surface area contributed by atoms with E-state index in [-0.39, 0.29) is 6.54 Å². The molecule has 1 rings (SSSR count). The predicted octanol–water partition coefficient (Wildman–Crippen LogP) is -1.69. The van der Waals surface area contributed by atoms with Gasteiger partial charge in [0.2, 0.25) is 10.0 Å². The third kappa shape index (κ3) is 3.49. The number of rotatable bonds is 5. The molecule has 1 aromatic heterocycles. The molecule has 0 aliphatic rings. The van der Waals surface area contributed by atoms with Crippen LogP contribution in [0.25, 0.3) is 0 Å². The zero-order valence-electron chi connectivity index (χ0n) is 6.97. The fourth-order valence-corrected chi connectivity index (χ4v) is 1.49. The Kier molecular flexibility index (Phi) is 3.14. The first-order chi connectivity index (χ1) is 6.49. The molecule has 1 heterocycles. The Morgan fingerprint density at radius 2 is 2.36 bits per heavy atom. The zero-order chi connectivity index (χ0) is 10.6. The lowest BCUT2D eigenvalue weighted by molar-refractivity contribution is -0.134. The second kappa shape index (κ2) is 4.15. The molecule has 3 N–H and O–H groups in total. The van der Waals surface area contributed by atoms with E-state index in [4.69, 9.17) is 5.11 Å². The number of nitrogens with zero attached hydrogens (tertiary/aromatic N) is 2. The van der Waals surface area contributed by atoms with Crippen LogP contribution < -0.4 is 4.72 Å². The quantitative estimate of drug-likeness (QED) is 0.543. The van der Waals surface area contributed by atoms with Crippen LogP contribution in [0.15, 0.2) is 6.33 Å². The van der Waals surface area contributed by atoms with Crippen molar-refractivity contribution in [2.75, 3.05) is 5.75 Å². The summed E-state index contributed by atoms with van der Waals surface area (Å²) >= 11 is 0. The highest BCUT2D eigenvalue weighted by Crippen LogP contribution is 1.89. The molecule has 0 aliphatic carbocycles. The highest BCUT2D eigenvalue weighted by Gasteiger charge is 2.15. The Labute approximate surface area is 79.4 Å². The molecule has 0 radical (unpaired) electrons. The molecule has 0 saturated carbocycles. The summed E-state index contributed by atoms with van der Waals surface area (Å²) in [5.41, 5.74) is 0. The topological polar surface area (TPSA) is 125 Å². The molecular weight excluding hydrogens is 212 g/mol. The van der Waals surface area contributed by atoms with Crippen molar-refractivity contribution in [1.29, 1.82) is 0 Å². The zero-order valence-corrected chi connectivity index (χ0v) is 7.78. The van der Waals surface area contributed by atoms with Gasteiger partial charge >= 0.3 is 5.97 Å². The normalized spacial score (nSPS) is 11.4. The van der Waals surface area contributed by atoms with Gasteiger partial charge in [0.25, 0.3) is 0 Å². The number of nitrogens with one attached hydrogen (secondary N) is 2. The van der Waals surface area contributed by atoms with Gasteiger partial charge in [-0.15, -0.1) is 0 Å². The van der Waals surface area contributed by atoms with E-state index in [1.807, 2.05) is 0 Å². The molecule has 8 nitrogen and oxygen atoms in total. The minimum absolute atomic E-state index is 0.102. The fraction of sp³-hybridized carbons (Fsp3) is 0.400. The predicted molar refractivity (Wildman–Crippen MR) is 44.6 cm³/mol. The van der Waals surface area contributed by atoms with Crippen LogP contribution in [0.4, 0.5) is 0 Å². The van der Waals surface area contributed by atoms with Crippen molar-refractivity contribution in [1.82, 2.24) is 19.9 Å². The van der Waals surface area contributed by atoms with Gasteiger partial charge in [-0.3, -0.25) is 9.89 Å². The summed E-state index contributed by atoms with van der Waals surface area (Å²) in [5, 5.41) is 14.2. The molecule has 78 valence electrons. The maximum absolute atomic E-state index is 11.0. The summed E-state index contributed by atoms with van der Waals surface area (Å²) in [5.74, 6) is -2.05. The smallest absolute Gasteiger partial charge is 0.320 e. The fourth-order valence-electron chi connectivity index (χ4n) is 0.708. The highest BCUT2D eigenvalue weighted by molar-refractivity contribution is 7.90. The average molecular weight is 220 g/mol. The van der Waals surface area contributed by atoms with Gasteiger partial charge in [0, 0.05) is 0 Å². The molecule has 0 aromatic carbocycles. The number of aromatic amines is 1. The molecule has 9 heteroatoms. The number of H-pyrrole nitrogens is 1. The van der Waals surface area contributed by atoms with Crippen LogP contribution in [0.3, 0.4) is 0 Å². The van der Waals surface area contributed by atoms with Gasteiger partial charge in [0.05, 0.1) is 6.54 Å². The Bertz CT molecular complexity index is 397. The molecule has 14 heavy (non-hydrogen) atoms. The molecule has 0 unspecified atom stereocenters. The van der Waals surface area contributed by atoms with Crippen molar-refractivity contribution in [3.63, 3.8) is 0 Å². The number of carbonyl (C=O) groups is 1. The van der Waals surface area contributed by atoms with Crippen molar-refractivity contribution in [2.45, 2.75) is 6.54 Å². The summed E-state index contributed by atoms with van der Waals surface area (Å²) in [6, 6.07) is 0. The van der Waals surface area contributed by atoms with Crippen LogP contribution in [0, 0.1) is 0 Å². The molecule has 0 aliphatic heterocycles. The van der Waals surface area contributed by atoms with E-state index >= 15 is 0 Å². The molecule has 1 aromatic rings.